The molecule has 0 radical (unpaired) electrons. The van der Waals surface area contributed by atoms with Gasteiger partial charge in [0, 0.05) is 4.47 Å². The molecule has 2 atom stereocenters. The summed E-state index contributed by atoms with van der Waals surface area (Å²) in [6, 6.07) is 6.60. The van der Waals surface area contributed by atoms with E-state index < -0.39 is 0 Å². The van der Waals surface area contributed by atoms with Crippen LogP contribution in [-0.2, 0) is 6.42 Å². The normalized spacial score (nSPS) is 25.9. The molecule has 1 aliphatic carbocycles. The van der Waals surface area contributed by atoms with E-state index in [0.29, 0.717) is 5.92 Å². The minimum Gasteiger partial charge on any atom is -0.330 e. The van der Waals surface area contributed by atoms with Gasteiger partial charge in [0.25, 0.3) is 0 Å². The van der Waals surface area contributed by atoms with Gasteiger partial charge >= 0.3 is 0 Å². The monoisotopic (exact) mass is 253 g/mol. The minimum absolute atomic E-state index is 0.561. The highest BCUT2D eigenvalue weighted by atomic mass is 79.9. The van der Waals surface area contributed by atoms with Crippen LogP contribution in [0.2, 0.25) is 0 Å². The van der Waals surface area contributed by atoms with Gasteiger partial charge in [-0.25, -0.2) is 0 Å². The van der Waals surface area contributed by atoms with Gasteiger partial charge in [-0.15, -0.1) is 0 Å². The van der Waals surface area contributed by atoms with Crippen LogP contribution in [0.5, 0.6) is 0 Å². The lowest BCUT2D eigenvalue weighted by molar-refractivity contribution is 0.436. The van der Waals surface area contributed by atoms with E-state index in [-0.39, 0.29) is 0 Å². The number of hydrogen-bond donors (Lipinski definition) is 1. The first-order chi connectivity index (χ1) is 6.70. The Morgan fingerprint density at radius 3 is 3.00 bits per heavy atom. The zero-order chi connectivity index (χ0) is 10.1. The van der Waals surface area contributed by atoms with Crippen molar-refractivity contribution >= 4 is 15.9 Å². The molecule has 0 saturated carbocycles. The largest absolute Gasteiger partial charge is 0.330 e. The quantitative estimate of drug-likeness (QED) is 0.818. The van der Waals surface area contributed by atoms with Crippen molar-refractivity contribution in [2.75, 3.05) is 6.54 Å². The molecule has 1 aliphatic rings. The lowest BCUT2D eigenvalue weighted by Gasteiger charge is -2.29. The highest BCUT2D eigenvalue weighted by Gasteiger charge is 2.23. The van der Waals surface area contributed by atoms with Gasteiger partial charge < -0.3 is 5.73 Å². The van der Waals surface area contributed by atoms with Crippen molar-refractivity contribution in [1.29, 1.82) is 0 Å². The predicted molar refractivity (Wildman–Crippen MR) is 63.4 cm³/mol. The fraction of sp³-hybridized carbons (Fsp3) is 0.500. The summed E-state index contributed by atoms with van der Waals surface area (Å²) in [5, 5.41) is 0. The molecule has 0 spiro atoms. The third-order valence-electron chi connectivity index (χ3n) is 3.09. The Morgan fingerprint density at radius 2 is 2.29 bits per heavy atom. The molecule has 2 N–H and O–H groups in total. The third kappa shape index (κ3) is 1.86. The summed E-state index contributed by atoms with van der Waals surface area (Å²) in [6.07, 6.45) is 2.44. The van der Waals surface area contributed by atoms with Gasteiger partial charge in [-0.1, -0.05) is 28.9 Å². The van der Waals surface area contributed by atoms with Crippen LogP contribution in [0.3, 0.4) is 0 Å². The van der Waals surface area contributed by atoms with Crippen LogP contribution in [-0.4, -0.2) is 6.54 Å². The van der Waals surface area contributed by atoms with Gasteiger partial charge in [-0.3, -0.25) is 0 Å². The Balaban J connectivity index is 2.41. The van der Waals surface area contributed by atoms with Crippen molar-refractivity contribution in [3.63, 3.8) is 0 Å². The van der Waals surface area contributed by atoms with Gasteiger partial charge in [-0.2, -0.15) is 0 Å². The summed E-state index contributed by atoms with van der Waals surface area (Å²) in [7, 11) is 0. The lowest BCUT2D eigenvalue weighted by Crippen LogP contribution is -2.22. The van der Waals surface area contributed by atoms with Crippen LogP contribution >= 0.6 is 15.9 Å². The van der Waals surface area contributed by atoms with Crippen molar-refractivity contribution in [1.82, 2.24) is 0 Å². The maximum absolute atomic E-state index is 5.82. The van der Waals surface area contributed by atoms with E-state index in [1.54, 1.807) is 0 Å². The molecule has 0 aromatic heterocycles. The van der Waals surface area contributed by atoms with E-state index in [1.165, 1.54) is 28.4 Å². The maximum atomic E-state index is 5.82. The molecule has 0 aliphatic heterocycles. The average Bonchev–Trinajstić information content (AvgIpc) is 2.17. The molecule has 0 heterocycles. The highest BCUT2D eigenvalue weighted by molar-refractivity contribution is 9.10. The number of rotatable bonds is 1. The van der Waals surface area contributed by atoms with Crippen LogP contribution in [0, 0.1) is 5.92 Å². The van der Waals surface area contributed by atoms with Crippen LogP contribution in [0.15, 0.2) is 22.7 Å². The van der Waals surface area contributed by atoms with Gasteiger partial charge in [0.05, 0.1) is 0 Å². The van der Waals surface area contributed by atoms with Crippen molar-refractivity contribution in [2.24, 2.45) is 11.7 Å². The van der Waals surface area contributed by atoms with Gasteiger partial charge in [0.1, 0.15) is 0 Å². The molecule has 2 heteroatoms. The van der Waals surface area contributed by atoms with Gasteiger partial charge in [-0.05, 0) is 54.5 Å². The molecular weight excluding hydrogens is 238 g/mol. The molecule has 14 heavy (non-hydrogen) atoms. The van der Waals surface area contributed by atoms with E-state index >= 15 is 0 Å². The first-order valence-corrected chi connectivity index (χ1v) is 5.98. The van der Waals surface area contributed by atoms with Crippen LogP contribution in [0.25, 0.3) is 0 Å². The molecule has 0 saturated heterocycles. The smallest absolute Gasteiger partial charge is 0.0178 e. The van der Waals surface area contributed by atoms with Crippen molar-refractivity contribution in [3.05, 3.63) is 33.8 Å². The average molecular weight is 254 g/mol. The minimum atomic E-state index is 0.561. The Labute approximate surface area is 93.8 Å². The van der Waals surface area contributed by atoms with E-state index in [4.69, 9.17) is 5.73 Å². The molecule has 2 rings (SSSR count). The van der Waals surface area contributed by atoms with Crippen LogP contribution < -0.4 is 5.73 Å². The lowest BCUT2D eigenvalue weighted by atomic mass is 9.78. The fourth-order valence-electron chi connectivity index (χ4n) is 2.43. The number of halogens is 1. The standard InChI is InChI=1S/C12H16BrN/c1-8-4-9-2-3-11(13)6-12(9)10(5-8)7-14/h2-3,6,8,10H,4-5,7,14H2,1H3. The molecule has 0 amide bonds. The second-order valence-corrected chi connectivity index (χ2v) is 5.24. The first kappa shape index (κ1) is 10.2. The summed E-state index contributed by atoms with van der Waals surface area (Å²) in [5.74, 6) is 1.34. The molecule has 1 nitrogen and oxygen atoms in total. The second kappa shape index (κ2) is 4.03. The van der Waals surface area contributed by atoms with E-state index in [2.05, 4.69) is 41.1 Å². The zero-order valence-corrected chi connectivity index (χ0v) is 10.0. The first-order valence-electron chi connectivity index (χ1n) is 5.19. The van der Waals surface area contributed by atoms with Crippen molar-refractivity contribution in [2.45, 2.75) is 25.7 Å². The summed E-state index contributed by atoms with van der Waals surface area (Å²) in [5.41, 5.74) is 8.76. The fourth-order valence-corrected chi connectivity index (χ4v) is 2.81. The van der Waals surface area contributed by atoms with E-state index in [0.717, 1.165) is 12.5 Å². The van der Waals surface area contributed by atoms with Crippen LogP contribution in [0.4, 0.5) is 0 Å². The highest BCUT2D eigenvalue weighted by Crippen LogP contribution is 2.35. The molecule has 0 bridgehead atoms. The number of benzene rings is 1. The molecule has 1 aromatic carbocycles. The predicted octanol–water partition coefficient (Wildman–Crippen LogP) is 3.07. The Morgan fingerprint density at radius 1 is 1.50 bits per heavy atom. The molecule has 0 fully saturated rings. The van der Waals surface area contributed by atoms with E-state index in [9.17, 15) is 0 Å². The second-order valence-electron chi connectivity index (χ2n) is 4.32. The Bertz CT molecular complexity index is 335. The topological polar surface area (TPSA) is 26.0 Å². The van der Waals surface area contributed by atoms with Crippen molar-refractivity contribution < 1.29 is 0 Å². The number of nitrogens with two attached hydrogens (primary N) is 1. The maximum Gasteiger partial charge on any atom is 0.0178 e. The molecule has 2 unspecified atom stereocenters. The van der Waals surface area contributed by atoms with Crippen LogP contribution in [0.1, 0.15) is 30.4 Å². The zero-order valence-electron chi connectivity index (χ0n) is 8.46. The van der Waals surface area contributed by atoms with Crippen molar-refractivity contribution in [3.8, 4) is 0 Å². The molecule has 76 valence electrons. The number of hydrogen-bond acceptors (Lipinski definition) is 1. The molecule has 1 aromatic rings. The van der Waals surface area contributed by atoms with Gasteiger partial charge in [0.2, 0.25) is 0 Å². The Kier molecular flexibility index (Phi) is 2.93. The van der Waals surface area contributed by atoms with Gasteiger partial charge in [0.15, 0.2) is 0 Å². The SMILES string of the molecule is CC1Cc2ccc(Br)cc2C(CN)C1. The summed E-state index contributed by atoms with van der Waals surface area (Å²) < 4.78 is 1.17. The summed E-state index contributed by atoms with van der Waals surface area (Å²) in [4.78, 5) is 0. The molecular formula is C12H16BrN. The summed E-state index contributed by atoms with van der Waals surface area (Å²) in [6.45, 7) is 3.08. The Hall–Kier alpha value is -0.340. The summed E-state index contributed by atoms with van der Waals surface area (Å²) >= 11 is 3.52. The van der Waals surface area contributed by atoms with E-state index in [1.807, 2.05) is 0 Å². The number of fused-ring (bicyclic) bond motifs is 1. The third-order valence-corrected chi connectivity index (χ3v) is 3.58.